The van der Waals surface area contributed by atoms with Crippen molar-refractivity contribution >= 4 is 0 Å². The minimum Gasteiger partial charge on any atom is -0.329 e. The van der Waals surface area contributed by atoms with E-state index >= 15 is 0 Å². The van der Waals surface area contributed by atoms with E-state index in [1.165, 1.54) is 51.7 Å². The molecule has 1 heterocycles. The van der Waals surface area contributed by atoms with E-state index in [0.29, 0.717) is 6.04 Å². The van der Waals surface area contributed by atoms with Crippen molar-refractivity contribution in [2.45, 2.75) is 57.5 Å². The Balaban J connectivity index is 1.90. The third-order valence-corrected chi connectivity index (χ3v) is 5.41. The van der Waals surface area contributed by atoms with Gasteiger partial charge in [-0.3, -0.25) is 4.90 Å². The Kier molecular flexibility index (Phi) is 4.68. The van der Waals surface area contributed by atoms with Crippen LogP contribution < -0.4 is 5.73 Å². The highest BCUT2D eigenvalue weighted by Gasteiger charge is 2.38. The van der Waals surface area contributed by atoms with Crippen molar-refractivity contribution in [2.75, 3.05) is 33.2 Å². The highest BCUT2D eigenvalue weighted by molar-refractivity contribution is 4.96. The van der Waals surface area contributed by atoms with Crippen molar-refractivity contribution in [2.24, 2.45) is 11.7 Å². The molecule has 0 aromatic carbocycles. The molecule has 0 spiro atoms. The highest BCUT2D eigenvalue weighted by Crippen LogP contribution is 2.33. The Morgan fingerprint density at radius 2 is 1.89 bits per heavy atom. The summed E-state index contributed by atoms with van der Waals surface area (Å²) in [7, 11) is 2.30. The van der Waals surface area contributed by atoms with Crippen LogP contribution in [0.25, 0.3) is 0 Å². The molecule has 1 aliphatic carbocycles. The second-order valence-corrected chi connectivity index (χ2v) is 6.74. The molecule has 2 rings (SSSR count). The van der Waals surface area contributed by atoms with Gasteiger partial charge in [0.2, 0.25) is 0 Å². The van der Waals surface area contributed by atoms with Crippen LogP contribution in [0.3, 0.4) is 0 Å². The molecule has 0 bridgehead atoms. The van der Waals surface area contributed by atoms with Crippen molar-refractivity contribution < 1.29 is 0 Å². The summed E-state index contributed by atoms with van der Waals surface area (Å²) in [6, 6.07) is 0.678. The lowest BCUT2D eigenvalue weighted by Gasteiger charge is -2.49. The van der Waals surface area contributed by atoms with E-state index in [2.05, 4.69) is 30.7 Å². The molecular formula is C15H31N3. The van der Waals surface area contributed by atoms with E-state index < -0.39 is 0 Å². The fraction of sp³-hybridized carbons (Fsp3) is 1.00. The summed E-state index contributed by atoms with van der Waals surface area (Å²) in [6.07, 6.45) is 6.79. The highest BCUT2D eigenvalue weighted by atomic mass is 15.2. The van der Waals surface area contributed by atoms with E-state index in [9.17, 15) is 0 Å². The number of likely N-dealkylation sites (tertiary alicyclic amines) is 1. The summed E-state index contributed by atoms with van der Waals surface area (Å²) >= 11 is 0. The lowest BCUT2D eigenvalue weighted by molar-refractivity contribution is 0.0177. The molecule has 2 N–H and O–H groups in total. The van der Waals surface area contributed by atoms with Gasteiger partial charge < -0.3 is 10.6 Å². The minimum absolute atomic E-state index is 0.279. The lowest BCUT2D eigenvalue weighted by Crippen LogP contribution is -2.59. The number of nitrogens with zero attached hydrogens (tertiary/aromatic N) is 2. The van der Waals surface area contributed by atoms with E-state index in [0.717, 1.165) is 12.5 Å². The Morgan fingerprint density at radius 3 is 2.28 bits per heavy atom. The van der Waals surface area contributed by atoms with Gasteiger partial charge in [0.1, 0.15) is 0 Å². The summed E-state index contributed by atoms with van der Waals surface area (Å²) in [5, 5.41) is 0. The third kappa shape index (κ3) is 2.89. The Labute approximate surface area is 113 Å². The lowest BCUT2D eigenvalue weighted by atomic mass is 9.81. The minimum atomic E-state index is 0.279. The molecule has 1 saturated heterocycles. The van der Waals surface area contributed by atoms with E-state index in [-0.39, 0.29) is 5.54 Å². The Morgan fingerprint density at radius 1 is 1.28 bits per heavy atom. The maximum Gasteiger partial charge on any atom is 0.0353 e. The fourth-order valence-corrected chi connectivity index (χ4v) is 3.45. The molecule has 1 saturated carbocycles. The first-order valence-corrected chi connectivity index (χ1v) is 7.73. The summed E-state index contributed by atoms with van der Waals surface area (Å²) in [5.41, 5.74) is 6.41. The molecular weight excluding hydrogens is 222 g/mol. The first-order valence-electron chi connectivity index (χ1n) is 7.73. The fourth-order valence-electron chi connectivity index (χ4n) is 3.45. The van der Waals surface area contributed by atoms with Gasteiger partial charge in [0.15, 0.2) is 0 Å². The average Bonchev–Trinajstić information content (AvgIpc) is 2.33. The number of hydrogen-bond acceptors (Lipinski definition) is 3. The van der Waals surface area contributed by atoms with Gasteiger partial charge in [0.05, 0.1) is 0 Å². The molecule has 0 amide bonds. The van der Waals surface area contributed by atoms with Gasteiger partial charge in [-0.05, 0) is 52.5 Å². The number of likely N-dealkylation sites (N-methyl/N-ethyl adjacent to an activating group) is 1. The van der Waals surface area contributed by atoms with Gasteiger partial charge in [-0.15, -0.1) is 0 Å². The molecule has 0 aromatic rings. The maximum absolute atomic E-state index is 6.14. The molecule has 0 aromatic heterocycles. The standard InChI is InChI=1S/C15H31N3/c1-13(2)18-9-7-15(12-16,8-10-18)17(3)11-14-5-4-6-14/h13-14H,4-12,16H2,1-3H3. The van der Waals surface area contributed by atoms with Crippen LogP contribution in [0.4, 0.5) is 0 Å². The monoisotopic (exact) mass is 253 g/mol. The first-order chi connectivity index (χ1) is 8.57. The van der Waals surface area contributed by atoms with Crippen LogP contribution in [0.15, 0.2) is 0 Å². The first kappa shape index (κ1) is 14.3. The predicted octanol–water partition coefficient (Wildman–Crippen LogP) is 1.92. The van der Waals surface area contributed by atoms with Crippen LogP contribution in [-0.4, -0.2) is 54.6 Å². The SMILES string of the molecule is CC(C)N1CCC(CN)(N(C)CC2CCC2)CC1. The number of rotatable bonds is 5. The largest absolute Gasteiger partial charge is 0.329 e. The zero-order valence-electron chi connectivity index (χ0n) is 12.5. The second-order valence-electron chi connectivity index (χ2n) is 6.74. The van der Waals surface area contributed by atoms with E-state index in [1.54, 1.807) is 0 Å². The summed E-state index contributed by atoms with van der Waals surface area (Å²) in [5.74, 6) is 0.946. The van der Waals surface area contributed by atoms with Gasteiger partial charge in [0, 0.05) is 37.8 Å². The van der Waals surface area contributed by atoms with Gasteiger partial charge in [-0.25, -0.2) is 0 Å². The molecule has 2 aliphatic rings. The van der Waals surface area contributed by atoms with Crippen molar-refractivity contribution in [3.63, 3.8) is 0 Å². The molecule has 2 fully saturated rings. The number of hydrogen-bond donors (Lipinski definition) is 1. The molecule has 0 atom stereocenters. The van der Waals surface area contributed by atoms with Crippen molar-refractivity contribution in [3.05, 3.63) is 0 Å². The van der Waals surface area contributed by atoms with Gasteiger partial charge >= 0.3 is 0 Å². The van der Waals surface area contributed by atoms with Crippen molar-refractivity contribution in [1.82, 2.24) is 9.80 Å². The summed E-state index contributed by atoms with van der Waals surface area (Å²) < 4.78 is 0. The molecule has 1 aliphatic heterocycles. The molecule has 3 heteroatoms. The van der Waals surface area contributed by atoms with Crippen LogP contribution >= 0.6 is 0 Å². The van der Waals surface area contributed by atoms with E-state index in [4.69, 9.17) is 5.73 Å². The molecule has 0 unspecified atom stereocenters. The normalized spacial score (nSPS) is 25.7. The second kappa shape index (κ2) is 5.89. The molecule has 0 radical (unpaired) electrons. The Hall–Kier alpha value is -0.120. The van der Waals surface area contributed by atoms with Crippen LogP contribution in [0.5, 0.6) is 0 Å². The quantitative estimate of drug-likeness (QED) is 0.812. The van der Waals surface area contributed by atoms with Gasteiger partial charge in [-0.1, -0.05) is 6.42 Å². The average molecular weight is 253 g/mol. The predicted molar refractivity (Wildman–Crippen MR) is 77.7 cm³/mol. The van der Waals surface area contributed by atoms with Crippen molar-refractivity contribution in [1.29, 1.82) is 0 Å². The van der Waals surface area contributed by atoms with Crippen LogP contribution in [0, 0.1) is 5.92 Å². The van der Waals surface area contributed by atoms with Crippen LogP contribution in [0.2, 0.25) is 0 Å². The molecule has 18 heavy (non-hydrogen) atoms. The number of piperidine rings is 1. The zero-order valence-corrected chi connectivity index (χ0v) is 12.5. The summed E-state index contributed by atoms with van der Waals surface area (Å²) in [4.78, 5) is 5.18. The van der Waals surface area contributed by atoms with Gasteiger partial charge in [-0.2, -0.15) is 0 Å². The Bertz CT molecular complexity index is 252. The smallest absolute Gasteiger partial charge is 0.0353 e. The van der Waals surface area contributed by atoms with Crippen molar-refractivity contribution in [3.8, 4) is 0 Å². The molecule has 3 nitrogen and oxygen atoms in total. The van der Waals surface area contributed by atoms with E-state index in [1.807, 2.05) is 0 Å². The van der Waals surface area contributed by atoms with Crippen LogP contribution in [-0.2, 0) is 0 Å². The topological polar surface area (TPSA) is 32.5 Å². The van der Waals surface area contributed by atoms with Crippen LogP contribution in [0.1, 0.15) is 46.0 Å². The summed E-state index contributed by atoms with van der Waals surface area (Å²) in [6.45, 7) is 9.11. The maximum atomic E-state index is 6.14. The van der Waals surface area contributed by atoms with Gasteiger partial charge in [0.25, 0.3) is 0 Å². The zero-order chi connectivity index (χ0) is 13.2. The third-order valence-electron chi connectivity index (χ3n) is 5.41. The number of nitrogens with two attached hydrogens (primary N) is 1. The molecule has 106 valence electrons.